The van der Waals surface area contributed by atoms with E-state index in [4.69, 9.17) is 4.74 Å². The zero-order valence-electron chi connectivity index (χ0n) is 15.6. The van der Waals surface area contributed by atoms with Crippen LogP contribution in [0.25, 0.3) is 0 Å². The van der Waals surface area contributed by atoms with Gasteiger partial charge in [0.15, 0.2) is 11.6 Å². The van der Waals surface area contributed by atoms with Gasteiger partial charge in [0.25, 0.3) is 5.91 Å². The topological polar surface area (TPSA) is 108 Å². The van der Waals surface area contributed by atoms with Gasteiger partial charge in [-0.25, -0.2) is 13.6 Å². The molecule has 0 unspecified atom stereocenters. The molecule has 8 nitrogen and oxygen atoms in total. The molecule has 29 heavy (non-hydrogen) atoms. The van der Waals surface area contributed by atoms with E-state index in [1.807, 2.05) is 0 Å². The predicted octanol–water partition coefficient (Wildman–Crippen LogP) is 2.93. The molecule has 2 amide bonds. The molecule has 1 aromatic heterocycles. The Morgan fingerprint density at radius 2 is 1.93 bits per heavy atom. The van der Waals surface area contributed by atoms with Crippen LogP contribution in [-0.4, -0.2) is 41.4 Å². The third-order valence-corrected chi connectivity index (χ3v) is 5.19. The Kier molecular flexibility index (Phi) is 5.32. The van der Waals surface area contributed by atoms with Gasteiger partial charge in [-0.2, -0.15) is 5.10 Å². The molecular formula is C19H21F2N5O3. The molecule has 1 aliphatic heterocycles. The highest BCUT2D eigenvalue weighted by atomic mass is 19.1. The highest BCUT2D eigenvalue weighted by Gasteiger charge is 2.30. The highest BCUT2D eigenvalue weighted by Crippen LogP contribution is 2.36. The average Bonchev–Trinajstić information content (AvgIpc) is 3.32. The van der Waals surface area contributed by atoms with Gasteiger partial charge >= 0.3 is 6.09 Å². The number of anilines is 2. The van der Waals surface area contributed by atoms with Crippen molar-refractivity contribution in [2.45, 2.75) is 37.7 Å². The fraction of sp³-hybridized carbons (Fsp3) is 0.421. The molecule has 0 spiro atoms. The molecule has 1 fully saturated rings. The van der Waals surface area contributed by atoms with Crippen LogP contribution in [0.3, 0.4) is 0 Å². The van der Waals surface area contributed by atoms with Crippen molar-refractivity contribution >= 4 is 23.5 Å². The van der Waals surface area contributed by atoms with Gasteiger partial charge in [0.1, 0.15) is 17.5 Å². The number of hydrogen-bond donors (Lipinski definition) is 4. The van der Waals surface area contributed by atoms with Crippen LogP contribution in [0.15, 0.2) is 18.2 Å². The smallest absolute Gasteiger partial charge is 0.407 e. The molecule has 1 aliphatic carbocycles. The first-order valence-corrected chi connectivity index (χ1v) is 9.54. The van der Waals surface area contributed by atoms with E-state index in [0.717, 1.165) is 24.6 Å². The standard InChI is InChI=1S/C19H21F2N5O3/c20-12-4-5-13-17(21)16(12)18(27)22-6-1-7-23-19(28)29-11-3-2-10(8-11)14-9-15(24-13)26-25-14/h4-5,9-11H,1-3,6-8H2,(H,22,27)(H,23,28)(H2,24,25,26)/t10-,11+/m0/s1. The van der Waals surface area contributed by atoms with Gasteiger partial charge < -0.3 is 20.7 Å². The van der Waals surface area contributed by atoms with Crippen LogP contribution >= 0.6 is 0 Å². The first-order chi connectivity index (χ1) is 14.0. The number of fused-ring (bicyclic) bond motifs is 7. The van der Waals surface area contributed by atoms with Crippen LogP contribution in [0.2, 0.25) is 0 Å². The van der Waals surface area contributed by atoms with Crippen molar-refractivity contribution in [3.05, 3.63) is 41.1 Å². The van der Waals surface area contributed by atoms with Crippen molar-refractivity contribution in [3.8, 4) is 0 Å². The molecular weight excluding hydrogens is 384 g/mol. The summed E-state index contributed by atoms with van der Waals surface area (Å²) < 4.78 is 34.3. The maximum absolute atomic E-state index is 14.8. The number of aromatic amines is 1. The first kappa shape index (κ1) is 19.2. The summed E-state index contributed by atoms with van der Waals surface area (Å²) in [5.41, 5.74) is 0.120. The monoisotopic (exact) mass is 405 g/mol. The normalized spacial score (nSPS) is 22.6. The number of hydrogen-bond acceptors (Lipinski definition) is 5. The van der Waals surface area contributed by atoms with Crippen molar-refractivity contribution in [1.29, 1.82) is 0 Å². The molecule has 4 rings (SSSR count). The Hall–Kier alpha value is -3.17. The van der Waals surface area contributed by atoms with Crippen molar-refractivity contribution < 1.29 is 23.1 Å². The lowest BCUT2D eigenvalue weighted by Crippen LogP contribution is -2.32. The van der Waals surface area contributed by atoms with Crippen LogP contribution in [0.1, 0.15) is 47.7 Å². The number of ether oxygens (including phenoxy) is 1. The van der Waals surface area contributed by atoms with E-state index >= 15 is 0 Å². The molecule has 6 bridgehead atoms. The average molecular weight is 405 g/mol. The number of halogens is 2. The molecule has 2 aliphatic rings. The number of nitrogens with one attached hydrogen (secondary N) is 4. The minimum Gasteiger partial charge on any atom is -0.446 e. The highest BCUT2D eigenvalue weighted by molar-refractivity contribution is 5.96. The summed E-state index contributed by atoms with van der Waals surface area (Å²) in [6.45, 7) is 0.412. The van der Waals surface area contributed by atoms with Crippen LogP contribution in [0, 0.1) is 11.6 Å². The van der Waals surface area contributed by atoms with E-state index < -0.39 is 29.2 Å². The quantitative estimate of drug-likeness (QED) is 0.539. The third-order valence-electron chi connectivity index (χ3n) is 5.19. The van der Waals surface area contributed by atoms with Crippen LogP contribution < -0.4 is 16.0 Å². The Bertz CT molecular complexity index is 933. The number of rotatable bonds is 0. The molecule has 2 heterocycles. The summed E-state index contributed by atoms with van der Waals surface area (Å²) >= 11 is 0. The minimum absolute atomic E-state index is 0.0457. The van der Waals surface area contributed by atoms with Gasteiger partial charge in [-0.05, 0) is 37.8 Å². The predicted molar refractivity (Wildman–Crippen MR) is 100 cm³/mol. The minimum atomic E-state index is -0.990. The van der Waals surface area contributed by atoms with E-state index in [-0.39, 0.29) is 30.8 Å². The number of nitrogens with zero attached hydrogens (tertiary/aromatic N) is 1. The van der Waals surface area contributed by atoms with Gasteiger partial charge in [-0.15, -0.1) is 0 Å². The van der Waals surface area contributed by atoms with E-state index in [2.05, 4.69) is 26.1 Å². The van der Waals surface area contributed by atoms with E-state index in [1.165, 1.54) is 6.07 Å². The van der Waals surface area contributed by atoms with Crippen molar-refractivity contribution in [2.24, 2.45) is 0 Å². The summed E-state index contributed by atoms with van der Waals surface area (Å²) in [4.78, 5) is 24.2. The van der Waals surface area contributed by atoms with Crippen molar-refractivity contribution in [1.82, 2.24) is 20.8 Å². The molecule has 2 atom stereocenters. The van der Waals surface area contributed by atoms with Gasteiger partial charge in [-0.3, -0.25) is 9.89 Å². The molecule has 2 aromatic rings. The summed E-state index contributed by atoms with van der Waals surface area (Å²) in [5, 5.41) is 14.9. The van der Waals surface area contributed by atoms with Gasteiger partial charge in [0.2, 0.25) is 0 Å². The van der Waals surface area contributed by atoms with Gasteiger partial charge in [0, 0.05) is 30.8 Å². The second-order valence-corrected chi connectivity index (χ2v) is 7.19. The number of carbonyl (C=O) groups excluding carboxylic acids is 2. The summed E-state index contributed by atoms with van der Waals surface area (Å²) in [6, 6.07) is 3.99. The lowest BCUT2D eigenvalue weighted by Gasteiger charge is -2.14. The van der Waals surface area contributed by atoms with E-state index in [0.29, 0.717) is 18.7 Å². The largest absolute Gasteiger partial charge is 0.446 e. The van der Waals surface area contributed by atoms with E-state index in [1.54, 1.807) is 6.07 Å². The summed E-state index contributed by atoms with van der Waals surface area (Å²) in [6.07, 6.45) is 1.93. The van der Waals surface area contributed by atoms with Gasteiger partial charge in [0.05, 0.1) is 5.69 Å². The first-order valence-electron chi connectivity index (χ1n) is 9.54. The molecule has 0 radical (unpaired) electrons. The fourth-order valence-electron chi connectivity index (χ4n) is 3.70. The molecule has 4 N–H and O–H groups in total. The maximum Gasteiger partial charge on any atom is 0.407 e. The van der Waals surface area contributed by atoms with Crippen LogP contribution in [-0.2, 0) is 4.74 Å². The Balaban J connectivity index is 1.62. The molecule has 10 heteroatoms. The Labute approximate surface area is 165 Å². The number of aromatic nitrogens is 2. The summed E-state index contributed by atoms with van der Waals surface area (Å²) in [5.74, 6) is -2.33. The Morgan fingerprint density at radius 1 is 1.10 bits per heavy atom. The second kappa shape index (κ2) is 8.06. The van der Waals surface area contributed by atoms with Crippen molar-refractivity contribution in [3.63, 3.8) is 0 Å². The maximum atomic E-state index is 14.8. The van der Waals surface area contributed by atoms with Crippen molar-refractivity contribution in [2.75, 3.05) is 18.4 Å². The molecule has 154 valence electrons. The third kappa shape index (κ3) is 4.15. The SMILES string of the molecule is O=C1NCCCNC(=O)c2c(F)ccc(c2F)Nc2cc([nH]n2)[C@H]2CC[C@H](C2)O1. The van der Waals surface area contributed by atoms with Crippen LogP contribution in [0.4, 0.5) is 25.1 Å². The zero-order chi connectivity index (χ0) is 20.4. The van der Waals surface area contributed by atoms with E-state index in [9.17, 15) is 18.4 Å². The number of alkyl carbamates (subject to hydrolysis) is 1. The summed E-state index contributed by atoms with van der Waals surface area (Å²) in [7, 11) is 0. The number of amides is 2. The Morgan fingerprint density at radius 3 is 2.79 bits per heavy atom. The lowest BCUT2D eigenvalue weighted by molar-refractivity contribution is 0.0944. The number of carbonyl (C=O) groups is 2. The fourth-order valence-corrected chi connectivity index (χ4v) is 3.70. The number of benzene rings is 1. The number of H-pyrrole nitrogens is 1. The molecule has 1 saturated carbocycles. The molecule has 0 saturated heterocycles. The lowest BCUT2D eigenvalue weighted by atomic mass is 10.0. The van der Waals surface area contributed by atoms with Gasteiger partial charge in [-0.1, -0.05) is 0 Å². The second-order valence-electron chi connectivity index (χ2n) is 7.19. The molecule has 1 aromatic carbocycles. The van der Waals surface area contributed by atoms with Crippen LogP contribution in [0.5, 0.6) is 0 Å². The zero-order valence-corrected chi connectivity index (χ0v) is 15.6.